The summed E-state index contributed by atoms with van der Waals surface area (Å²) in [5.74, 6) is -0.00485. The van der Waals surface area contributed by atoms with Crippen LogP contribution in [0.5, 0.6) is 0 Å². The van der Waals surface area contributed by atoms with Gasteiger partial charge in [0.25, 0.3) is 0 Å². The quantitative estimate of drug-likeness (QED) is 0.689. The first kappa shape index (κ1) is 20.6. The third kappa shape index (κ3) is 5.08. The minimum Gasteiger partial charge on any atom is -0.335 e. The fourth-order valence-corrected chi connectivity index (χ4v) is 5.03. The molecule has 0 saturated carbocycles. The van der Waals surface area contributed by atoms with Crippen LogP contribution in [0.3, 0.4) is 0 Å². The number of benzene rings is 2. The number of hydrogen-bond donors (Lipinski definition) is 2. The Balaban J connectivity index is 1.32. The summed E-state index contributed by atoms with van der Waals surface area (Å²) < 4.78 is 0. The van der Waals surface area contributed by atoms with E-state index in [1.807, 2.05) is 6.07 Å². The predicted molar refractivity (Wildman–Crippen MR) is 120 cm³/mol. The number of rotatable bonds is 6. The van der Waals surface area contributed by atoms with Gasteiger partial charge in [0, 0.05) is 35.9 Å². The largest absolute Gasteiger partial charge is 0.335 e. The molecule has 2 fully saturated rings. The number of fused-ring (bicyclic) bond motifs is 2. The summed E-state index contributed by atoms with van der Waals surface area (Å²) in [4.78, 5) is 26.8. The molecule has 2 heterocycles. The molecule has 2 aromatic carbocycles. The lowest BCUT2D eigenvalue weighted by molar-refractivity contribution is 0.0280. The number of hydrogen-bond acceptors (Lipinski definition) is 3. The zero-order chi connectivity index (χ0) is 20.9. The van der Waals surface area contributed by atoms with E-state index in [4.69, 9.17) is 0 Å². The van der Waals surface area contributed by atoms with Crippen LogP contribution in [0.1, 0.15) is 54.9 Å². The number of nitrogens with one attached hydrogen (secondary N) is 2. The van der Waals surface area contributed by atoms with Crippen molar-refractivity contribution in [1.82, 2.24) is 10.2 Å². The van der Waals surface area contributed by atoms with Gasteiger partial charge in [0.15, 0.2) is 5.78 Å². The molecule has 2 aliphatic heterocycles. The van der Waals surface area contributed by atoms with E-state index in [0.29, 0.717) is 23.3 Å². The molecule has 0 unspecified atom stereocenters. The van der Waals surface area contributed by atoms with Gasteiger partial charge in [-0.25, -0.2) is 4.79 Å². The first-order chi connectivity index (χ1) is 14.6. The Morgan fingerprint density at radius 1 is 1.00 bits per heavy atom. The Morgan fingerprint density at radius 3 is 2.43 bits per heavy atom. The second-order valence-electron chi connectivity index (χ2n) is 8.62. The Hall–Kier alpha value is -2.66. The molecule has 2 amide bonds. The van der Waals surface area contributed by atoms with Gasteiger partial charge < -0.3 is 10.6 Å². The molecule has 30 heavy (non-hydrogen) atoms. The smallest absolute Gasteiger partial charge is 0.319 e. The summed E-state index contributed by atoms with van der Waals surface area (Å²) in [7, 11) is 0. The van der Waals surface area contributed by atoms with E-state index >= 15 is 0 Å². The van der Waals surface area contributed by atoms with Crippen LogP contribution in [0.4, 0.5) is 10.5 Å². The van der Waals surface area contributed by atoms with Gasteiger partial charge in [0.2, 0.25) is 0 Å². The van der Waals surface area contributed by atoms with E-state index in [0.717, 1.165) is 25.8 Å². The Kier molecular flexibility index (Phi) is 6.48. The molecule has 0 aliphatic carbocycles. The molecule has 5 heteroatoms. The van der Waals surface area contributed by atoms with Crippen LogP contribution >= 0.6 is 0 Å². The molecule has 0 radical (unpaired) electrons. The number of ketones is 1. The second-order valence-corrected chi connectivity index (χ2v) is 8.62. The van der Waals surface area contributed by atoms with Gasteiger partial charge in [-0.05, 0) is 56.7 Å². The van der Waals surface area contributed by atoms with E-state index in [1.54, 1.807) is 18.2 Å². The monoisotopic (exact) mass is 405 g/mol. The molecule has 2 atom stereocenters. The summed E-state index contributed by atoms with van der Waals surface area (Å²) in [6.07, 6.45) is 6.81. The molecule has 2 bridgehead atoms. The standard InChI is InChI=1S/C25H31N3O2/c1-18(29)20-9-5-10-21(15-20)26-25(30)27-22-16-23-11-6-12-24(17-22)28(23)14-13-19-7-3-2-4-8-19/h2-5,7-10,15,22-24H,6,11-14,16-17H2,1H3,(H2,26,27,30)/t23-,24-/m0/s1. The van der Waals surface area contributed by atoms with Crippen molar-refractivity contribution < 1.29 is 9.59 Å². The number of amides is 2. The van der Waals surface area contributed by atoms with Crippen LogP contribution in [0.15, 0.2) is 54.6 Å². The summed E-state index contributed by atoms with van der Waals surface area (Å²) in [6.45, 7) is 2.62. The van der Waals surface area contributed by atoms with Gasteiger partial charge in [0.1, 0.15) is 0 Å². The summed E-state index contributed by atoms with van der Waals surface area (Å²) >= 11 is 0. The maximum absolute atomic E-state index is 12.6. The van der Waals surface area contributed by atoms with Gasteiger partial charge in [-0.2, -0.15) is 0 Å². The lowest BCUT2D eigenvalue weighted by Gasteiger charge is -2.49. The molecular formula is C25H31N3O2. The molecule has 0 aromatic heterocycles. The topological polar surface area (TPSA) is 61.4 Å². The third-order valence-corrected chi connectivity index (χ3v) is 6.49. The van der Waals surface area contributed by atoms with Crippen molar-refractivity contribution in [2.75, 3.05) is 11.9 Å². The highest BCUT2D eigenvalue weighted by Crippen LogP contribution is 2.34. The minimum absolute atomic E-state index is 0.00485. The molecule has 2 N–H and O–H groups in total. The fraction of sp³-hybridized carbons (Fsp3) is 0.440. The van der Waals surface area contributed by atoms with Crippen LogP contribution in [0.25, 0.3) is 0 Å². The molecule has 158 valence electrons. The first-order valence-electron chi connectivity index (χ1n) is 11.1. The van der Waals surface area contributed by atoms with Crippen molar-refractivity contribution in [3.05, 3.63) is 65.7 Å². The molecule has 5 nitrogen and oxygen atoms in total. The van der Waals surface area contributed by atoms with Crippen molar-refractivity contribution in [2.45, 2.75) is 63.6 Å². The van der Waals surface area contributed by atoms with Gasteiger partial charge >= 0.3 is 6.03 Å². The van der Waals surface area contributed by atoms with Gasteiger partial charge in [-0.15, -0.1) is 0 Å². The summed E-state index contributed by atoms with van der Waals surface area (Å²) in [6, 6.07) is 18.9. The van der Waals surface area contributed by atoms with Crippen molar-refractivity contribution in [3.8, 4) is 0 Å². The maximum Gasteiger partial charge on any atom is 0.319 e. The first-order valence-corrected chi connectivity index (χ1v) is 11.1. The van der Waals surface area contributed by atoms with Crippen molar-refractivity contribution in [1.29, 1.82) is 0 Å². The van der Waals surface area contributed by atoms with Crippen molar-refractivity contribution in [3.63, 3.8) is 0 Å². The predicted octanol–water partition coefficient (Wildman–Crippen LogP) is 4.64. The average molecular weight is 406 g/mol. The van der Waals surface area contributed by atoms with E-state index in [1.165, 1.54) is 31.7 Å². The summed E-state index contributed by atoms with van der Waals surface area (Å²) in [5, 5.41) is 6.07. The molecule has 4 rings (SSSR count). The molecular weight excluding hydrogens is 374 g/mol. The summed E-state index contributed by atoms with van der Waals surface area (Å²) in [5.41, 5.74) is 2.65. The molecule has 0 spiro atoms. The lowest BCUT2D eigenvalue weighted by Crippen LogP contribution is -2.57. The number of carbonyl (C=O) groups excluding carboxylic acids is 2. The number of nitrogens with zero attached hydrogens (tertiary/aromatic N) is 1. The van der Waals surface area contributed by atoms with Crippen LogP contribution in [0, 0.1) is 0 Å². The van der Waals surface area contributed by atoms with Crippen LogP contribution in [-0.2, 0) is 6.42 Å². The van der Waals surface area contributed by atoms with E-state index in [2.05, 4.69) is 45.9 Å². The van der Waals surface area contributed by atoms with Crippen LogP contribution in [-0.4, -0.2) is 41.4 Å². The normalized spacial score (nSPS) is 23.6. The SMILES string of the molecule is CC(=O)c1cccc(NC(=O)NC2C[C@@H]3CCC[C@@H](C2)N3CCc2ccccc2)c1. The van der Waals surface area contributed by atoms with Crippen molar-refractivity contribution in [2.24, 2.45) is 0 Å². The zero-order valence-electron chi connectivity index (χ0n) is 17.6. The van der Waals surface area contributed by atoms with E-state index in [-0.39, 0.29) is 17.9 Å². The van der Waals surface area contributed by atoms with Crippen molar-refractivity contribution >= 4 is 17.5 Å². The Morgan fingerprint density at radius 2 is 1.73 bits per heavy atom. The molecule has 2 saturated heterocycles. The highest BCUT2D eigenvalue weighted by atomic mass is 16.2. The second kappa shape index (κ2) is 9.43. The van der Waals surface area contributed by atoms with Gasteiger partial charge in [-0.3, -0.25) is 9.69 Å². The number of anilines is 1. The highest BCUT2D eigenvalue weighted by Gasteiger charge is 2.38. The number of Topliss-reactive ketones (excluding diaryl/α,β-unsaturated/α-hetero) is 1. The minimum atomic E-state index is -0.184. The Labute approximate surface area is 178 Å². The average Bonchev–Trinajstić information content (AvgIpc) is 2.73. The molecule has 2 aromatic rings. The number of urea groups is 1. The number of carbonyl (C=O) groups is 2. The van der Waals surface area contributed by atoms with Crippen LogP contribution in [0.2, 0.25) is 0 Å². The molecule has 2 aliphatic rings. The van der Waals surface area contributed by atoms with E-state index in [9.17, 15) is 9.59 Å². The van der Waals surface area contributed by atoms with E-state index < -0.39 is 0 Å². The van der Waals surface area contributed by atoms with Gasteiger partial charge in [-0.1, -0.05) is 48.9 Å². The fourth-order valence-electron chi connectivity index (χ4n) is 5.03. The zero-order valence-corrected chi connectivity index (χ0v) is 17.6. The lowest BCUT2D eigenvalue weighted by atomic mass is 9.81. The van der Waals surface area contributed by atoms with Crippen LogP contribution < -0.4 is 10.6 Å². The van der Waals surface area contributed by atoms with Gasteiger partial charge in [0.05, 0.1) is 0 Å². The highest BCUT2D eigenvalue weighted by molar-refractivity contribution is 5.96. The number of piperidine rings is 2. The Bertz CT molecular complexity index is 869. The maximum atomic E-state index is 12.6. The third-order valence-electron chi connectivity index (χ3n) is 6.49.